The molecule has 0 aromatic heterocycles. The third kappa shape index (κ3) is 8.82. The first kappa shape index (κ1) is 33.9. The summed E-state index contributed by atoms with van der Waals surface area (Å²) in [6.07, 6.45) is 3.36. The first-order valence-corrected chi connectivity index (χ1v) is 18.3. The van der Waals surface area contributed by atoms with E-state index in [9.17, 15) is 0 Å². The standard InChI is InChI=1S/C15H11.C12H10Si.C9H13.2ClH.Zr/c1-2-6-12(7-3-1)15-11-10-13-8-4-5-9-14(13)15;1-3-7-11(8-4-1)13-12-9-5-2-6-10-12;1-6-5-7(2)9(4)8(6)3;;;/h1-11H;1-10H;6H,1-4H3;2*1H;/q-1;;-1;;;+2. The summed E-state index contributed by atoms with van der Waals surface area (Å²) in [7, 11) is 0. The van der Waals surface area contributed by atoms with Gasteiger partial charge in [-0.1, -0.05) is 68.7 Å². The fourth-order valence-corrected chi connectivity index (χ4v) is 8.40. The van der Waals surface area contributed by atoms with E-state index in [2.05, 4.69) is 161 Å². The minimum atomic E-state index is -0.455. The molecule has 1 aliphatic rings. The Labute approximate surface area is 267 Å². The van der Waals surface area contributed by atoms with Gasteiger partial charge in [0.2, 0.25) is 0 Å². The van der Waals surface area contributed by atoms with Gasteiger partial charge in [-0.05, 0) is 0 Å². The molecule has 0 saturated heterocycles. The van der Waals surface area contributed by atoms with Gasteiger partial charge < -0.3 is 0 Å². The predicted molar refractivity (Wildman–Crippen MR) is 177 cm³/mol. The normalized spacial score (nSPS) is 13.6. The van der Waals surface area contributed by atoms with Gasteiger partial charge in [-0.15, -0.1) is 78.4 Å². The third-order valence-corrected chi connectivity index (χ3v) is 13.2. The Kier molecular flexibility index (Phi) is 14.2. The second-order valence-electron chi connectivity index (χ2n) is 9.61. The SMILES string of the molecule is CC1=[C-]C(C)C(C)=C1C.Cl.Cl.[Zr+2]=[Si](c1ccccc1)c1ccccc1.c1ccc(-c2c[cH-]c3ccccc23)cc1. The molecule has 1 unspecified atom stereocenters. The van der Waals surface area contributed by atoms with Crippen molar-refractivity contribution in [2.45, 2.75) is 27.7 Å². The number of fused-ring (bicyclic) bond motifs is 1. The number of allylic oxidation sites excluding steroid dienone is 4. The first-order chi connectivity index (χ1) is 18.5. The van der Waals surface area contributed by atoms with Gasteiger partial charge in [0.25, 0.3) is 0 Å². The molecule has 0 bridgehead atoms. The number of hydrogen-bond donors (Lipinski definition) is 0. The van der Waals surface area contributed by atoms with Crippen molar-refractivity contribution in [3.8, 4) is 11.1 Å². The summed E-state index contributed by atoms with van der Waals surface area (Å²) in [4.78, 5) is 0. The summed E-state index contributed by atoms with van der Waals surface area (Å²) in [5.74, 6) is 0.560. The molecule has 0 spiro atoms. The maximum atomic E-state index is 3.36. The molecule has 0 fully saturated rings. The summed E-state index contributed by atoms with van der Waals surface area (Å²) < 4.78 is 0. The Morgan fingerprint density at radius 2 is 1.15 bits per heavy atom. The zero-order chi connectivity index (χ0) is 26.9. The third-order valence-electron chi connectivity index (χ3n) is 7.13. The summed E-state index contributed by atoms with van der Waals surface area (Å²) in [5, 5.41) is 5.68. The Bertz CT molecular complexity index is 1510. The van der Waals surface area contributed by atoms with E-state index in [0.29, 0.717) is 5.92 Å². The molecule has 202 valence electrons. The molecule has 0 heterocycles. The van der Waals surface area contributed by atoms with E-state index in [1.807, 2.05) is 0 Å². The van der Waals surface area contributed by atoms with E-state index in [4.69, 9.17) is 0 Å². The molecule has 4 heteroatoms. The van der Waals surface area contributed by atoms with Gasteiger partial charge in [0, 0.05) is 0 Å². The molecule has 1 aliphatic carbocycles. The van der Waals surface area contributed by atoms with Crippen LogP contribution < -0.4 is 10.4 Å². The summed E-state index contributed by atoms with van der Waals surface area (Å²) in [6, 6.07) is 45.1. The van der Waals surface area contributed by atoms with Crippen LogP contribution in [-0.4, -0.2) is 5.43 Å². The molecular formula is C36H36Cl2SiZr. The van der Waals surface area contributed by atoms with Crippen LogP contribution in [0.25, 0.3) is 21.9 Å². The van der Waals surface area contributed by atoms with Crippen molar-refractivity contribution in [2.24, 2.45) is 5.92 Å². The minimum absolute atomic E-state index is 0. The van der Waals surface area contributed by atoms with E-state index in [1.54, 1.807) is 23.3 Å². The fraction of sp³-hybridized carbons (Fsp3) is 0.139. The molecular weight excluding hydrogens is 623 g/mol. The van der Waals surface area contributed by atoms with E-state index in [1.165, 1.54) is 49.0 Å². The van der Waals surface area contributed by atoms with Crippen LogP contribution in [-0.2, 0) is 23.3 Å². The predicted octanol–water partition coefficient (Wildman–Crippen LogP) is 9.13. The topological polar surface area (TPSA) is 0 Å². The molecule has 0 N–H and O–H groups in total. The largest absolute Gasteiger partial charge is 0.150 e. The Morgan fingerprint density at radius 3 is 1.60 bits per heavy atom. The van der Waals surface area contributed by atoms with Crippen LogP contribution in [0.2, 0.25) is 0 Å². The van der Waals surface area contributed by atoms with Crippen molar-refractivity contribution in [2.75, 3.05) is 0 Å². The molecule has 5 aromatic rings. The van der Waals surface area contributed by atoms with Crippen LogP contribution in [0.5, 0.6) is 0 Å². The van der Waals surface area contributed by atoms with Gasteiger partial charge in [0.05, 0.1) is 0 Å². The van der Waals surface area contributed by atoms with Crippen LogP contribution in [0.3, 0.4) is 0 Å². The number of benzene rings is 4. The molecule has 6 rings (SSSR count). The van der Waals surface area contributed by atoms with Crippen molar-refractivity contribution in [1.82, 2.24) is 0 Å². The maximum Gasteiger partial charge on any atom is -0.0623 e. The average molecular weight is 659 g/mol. The van der Waals surface area contributed by atoms with Crippen LogP contribution >= 0.6 is 24.8 Å². The van der Waals surface area contributed by atoms with E-state index < -0.39 is 5.43 Å². The molecule has 40 heavy (non-hydrogen) atoms. The van der Waals surface area contributed by atoms with Crippen LogP contribution in [0.4, 0.5) is 0 Å². The molecule has 0 radical (unpaired) electrons. The second kappa shape index (κ2) is 16.8. The number of hydrogen-bond acceptors (Lipinski definition) is 0. The molecule has 0 aliphatic heterocycles. The van der Waals surface area contributed by atoms with Crippen molar-refractivity contribution >= 4 is 51.4 Å². The number of halogens is 2. The molecule has 0 nitrogen and oxygen atoms in total. The molecule has 5 aromatic carbocycles. The Hall–Kier alpha value is -2.35. The van der Waals surface area contributed by atoms with Gasteiger partial charge in [0.1, 0.15) is 0 Å². The zero-order valence-electron chi connectivity index (χ0n) is 23.5. The van der Waals surface area contributed by atoms with Gasteiger partial charge in [-0.3, -0.25) is 6.08 Å². The quantitative estimate of drug-likeness (QED) is 0.134. The summed E-state index contributed by atoms with van der Waals surface area (Å²) >= 11 is 1.64. The van der Waals surface area contributed by atoms with Gasteiger partial charge >= 0.3 is 99.8 Å². The van der Waals surface area contributed by atoms with Gasteiger partial charge in [0.15, 0.2) is 0 Å². The van der Waals surface area contributed by atoms with E-state index >= 15 is 0 Å². The average Bonchev–Trinajstić information content (AvgIpc) is 3.51. The van der Waals surface area contributed by atoms with Crippen molar-refractivity contribution in [1.29, 1.82) is 0 Å². The second-order valence-corrected chi connectivity index (χ2v) is 15.2. The van der Waals surface area contributed by atoms with E-state index in [0.717, 1.165) is 0 Å². The van der Waals surface area contributed by atoms with Gasteiger partial charge in [-0.25, -0.2) is 5.57 Å². The molecule has 0 amide bonds. The van der Waals surface area contributed by atoms with Gasteiger partial charge in [-0.2, -0.15) is 11.1 Å². The fourth-order valence-electron chi connectivity index (χ4n) is 4.56. The smallest absolute Gasteiger partial charge is 0.0623 e. The summed E-state index contributed by atoms with van der Waals surface area (Å²) in [5.41, 5.74) is 6.41. The Morgan fingerprint density at radius 1 is 0.675 bits per heavy atom. The monoisotopic (exact) mass is 656 g/mol. The molecule has 1 atom stereocenters. The van der Waals surface area contributed by atoms with Crippen molar-refractivity contribution in [3.63, 3.8) is 0 Å². The zero-order valence-corrected chi connectivity index (χ0v) is 28.6. The van der Waals surface area contributed by atoms with Crippen LogP contribution in [0, 0.1) is 12.0 Å². The maximum absolute atomic E-state index is 3.36. The number of rotatable bonds is 3. The molecule has 0 saturated carbocycles. The van der Waals surface area contributed by atoms with Crippen LogP contribution in [0.15, 0.2) is 144 Å². The van der Waals surface area contributed by atoms with Crippen LogP contribution in [0.1, 0.15) is 27.7 Å². The van der Waals surface area contributed by atoms with E-state index in [-0.39, 0.29) is 24.8 Å². The first-order valence-electron chi connectivity index (χ1n) is 13.1. The Balaban J connectivity index is 0.000000211. The van der Waals surface area contributed by atoms with Crippen molar-refractivity contribution < 1.29 is 23.3 Å². The van der Waals surface area contributed by atoms with Crippen molar-refractivity contribution in [3.05, 3.63) is 150 Å². The minimum Gasteiger partial charge on any atom is -0.150 e. The summed E-state index contributed by atoms with van der Waals surface area (Å²) in [6.45, 7) is 8.67.